The average molecular weight is 366 g/mol. The van der Waals surface area contributed by atoms with Gasteiger partial charge in [0, 0.05) is 14.1 Å². The minimum Gasteiger partial charge on any atom is -0.485 e. The lowest BCUT2D eigenvalue weighted by atomic mass is 10.2. The van der Waals surface area contributed by atoms with Gasteiger partial charge in [-0.15, -0.1) is 0 Å². The van der Waals surface area contributed by atoms with Gasteiger partial charge in [0.2, 0.25) is 0 Å². The summed E-state index contributed by atoms with van der Waals surface area (Å²) in [7, 11) is 3.67. The van der Waals surface area contributed by atoms with Crippen LogP contribution in [0.4, 0.5) is 13.2 Å². The number of halogens is 3. The van der Waals surface area contributed by atoms with Crippen LogP contribution in [-0.2, 0) is 6.18 Å². The van der Waals surface area contributed by atoms with Gasteiger partial charge in [-0.05, 0) is 62.4 Å². The monoisotopic (exact) mass is 366 g/mol. The number of benzene rings is 2. The van der Waals surface area contributed by atoms with Gasteiger partial charge in [0.15, 0.2) is 0 Å². The van der Waals surface area contributed by atoms with E-state index in [2.05, 4.69) is 5.10 Å². The Labute approximate surface area is 150 Å². The summed E-state index contributed by atoms with van der Waals surface area (Å²) in [6.07, 6.45) is -4.55. The van der Waals surface area contributed by atoms with E-state index in [1.807, 2.05) is 27.9 Å². The van der Waals surface area contributed by atoms with Crippen LogP contribution < -0.4 is 9.47 Å². The van der Waals surface area contributed by atoms with Crippen molar-refractivity contribution in [3.8, 4) is 17.2 Å². The molecule has 2 aromatic carbocycles. The van der Waals surface area contributed by atoms with Crippen LogP contribution >= 0.6 is 0 Å². The van der Waals surface area contributed by atoms with Gasteiger partial charge < -0.3 is 14.5 Å². The highest BCUT2D eigenvalue weighted by Gasteiger charge is 2.30. The number of alkyl halides is 3. The SMILES string of the molecule is CC(=NN(C)C)C(C)Oc1ccc(Oc2ccc(C(F)(F)F)cc2)cc1. The first-order chi connectivity index (χ1) is 12.1. The van der Waals surface area contributed by atoms with Gasteiger partial charge in [-0.1, -0.05) is 0 Å². The van der Waals surface area contributed by atoms with Gasteiger partial charge in [0.05, 0.1) is 11.3 Å². The van der Waals surface area contributed by atoms with Gasteiger partial charge in [-0.2, -0.15) is 18.3 Å². The summed E-state index contributed by atoms with van der Waals surface area (Å²) in [5.41, 5.74) is 0.123. The van der Waals surface area contributed by atoms with Crippen LogP contribution in [0.3, 0.4) is 0 Å². The first kappa shape index (κ1) is 19.6. The Morgan fingerprint density at radius 3 is 1.85 bits per heavy atom. The van der Waals surface area contributed by atoms with Crippen LogP contribution in [0.1, 0.15) is 19.4 Å². The summed E-state index contributed by atoms with van der Waals surface area (Å²) in [6.45, 7) is 3.78. The van der Waals surface area contributed by atoms with Gasteiger partial charge >= 0.3 is 6.18 Å². The molecule has 2 aromatic rings. The van der Waals surface area contributed by atoms with E-state index < -0.39 is 11.7 Å². The van der Waals surface area contributed by atoms with Crippen molar-refractivity contribution < 1.29 is 22.6 Å². The van der Waals surface area contributed by atoms with E-state index in [-0.39, 0.29) is 6.10 Å². The van der Waals surface area contributed by atoms with E-state index in [1.54, 1.807) is 29.3 Å². The third-order valence-electron chi connectivity index (χ3n) is 3.50. The minimum absolute atomic E-state index is 0.195. The Morgan fingerprint density at radius 1 is 0.923 bits per heavy atom. The number of ether oxygens (including phenoxy) is 2. The molecule has 0 amide bonds. The standard InChI is InChI=1S/C19H21F3N2O2/c1-13(23-24(3)4)14(2)25-16-9-11-18(12-10-16)26-17-7-5-15(6-8-17)19(20,21)22/h5-12,14H,1-4H3. The second-order valence-electron chi connectivity index (χ2n) is 5.94. The van der Waals surface area contributed by atoms with Crippen molar-refractivity contribution in [3.63, 3.8) is 0 Å². The molecule has 1 atom stereocenters. The Balaban J connectivity index is 1.99. The molecule has 7 heteroatoms. The van der Waals surface area contributed by atoms with Gasteiger partial charge in [-0.3, -0.25) is 0 Å². The van der Waals surface area contributed by atoms with Crippen LogP contribution in [0.25, 0.3) is 0 Å². The second kappa shape index (κ2) is 8.12. The summed E-state index contributed by atoms with van der Waals surface area (Å²) >= 11 is 0. The van der Waals surface area contributed by atoms with E-state index in [0.717, 1.165) is 17.8 Å². The Hall–Kier alpha value is -2.70. The second-order valence-corrected chi connectivity index (χ2v) is 5.94. The van der Waals surface area contributed by atoms with Crippen molar-refractivity contribution >= 4 is 5.71 Å². The molecule has 0 saturated heterocycles. The number of rotatable bonds is 6. The topological polar surface area (TPSA) is 34.1 Å². The molecular formula is C19H21F3N2O2. The molecule has 4 nitrogen and oxygen atoms in total. The van der Waals surface area contributed by atoms with Gasteiger partial charge in [0.25, 0.3) is 0 Å². The van der Waals surface area contributed by atoms with Crippen molar-refractivity contribution in [1.29, 1.82) is 0 Å². The fourth-order valence-electron chi connectivity index (χ4n) is 2.12. The predicted molar refractivity (Wildman–Crippen MR) is 94.8 cm³/mol. The summed E-state index contributed by atoms with van der Waals surface area (Å²) in [5, 5.41) is 6.00. The predicted octanol–water partition coefficient (Wildman–Crippen LogP) is 5.20. The fraction of sp³-hybridized carbons (Fsp3) is 0.316. The van der Waals surface area contributed by atoms with Crippen LogP contribution in [0, 0.1) is 0 Å². The lowest BCUT2D eigenvalue weighted by Crippen LogP contribution is -2.23. The van der Waals surface area contributed by atoms with E-state index >= 15 is 0 Å². The maximum absolute atomic E-state index is 12.6. The molecule has 0 radical (unpaired) electrons. The van der Waals surface area contributed by atoms with Crippen molar-refractivity contribution in [2.75, 3.05) is 14.1 Å². The molecule has 0 aliphatic rings. The summed E-state index contributed by atoms with van der Waals surface area (Å²) in [4.78, 5) is 0. The zero-order chi connectivity index (χ0) is 19.3. The highest BCUT2D eigenvalue weighted by Crippen LogP contribution is 2.31. The zero-order valence-corrected chi connectivity index (χ0v) is 15.0. The van der Waals surface area contributed by atoms with Crippen molar-refractivity contribution in [2.45, 2.75) is 26.1 Å². The normalized spacial score (nSPS) is 13.3. The molecular weight excluding hydrogens is 345 g/mol. The molecule has 26 heavy (non-hydrogen) atoms. The number of nitrogens with zero attached hydrogens (tertiary/aromatic N) is 2. The molecule has 0 heterocycles. The van der Waals surface area contributed by atoms with E-state index in [9.17, 15) is 13.2 Å². The molecule has 1 unspecified atom stereocenters. The molecule has 0 aromatic heterocycles. The van der Waals surface area contributed by atoms with Crippen LogP contribution in [0.2, 0.25) is 0 Å². The summed E-state index contributed by atoms with van der Waals surface area (Å²) in [5.74, 6) is 1.48. The van der Waals surface area contributed by atoms with Crippen molar-refractivity contribution in [1.82, 2.24) is 5.01 Å². The average Bonchev–Trinajstić information content (AvgIpc) is 2.55. The Kier molecular flexibility index (Phi) is 6.13. The molecule has 0 saturated carbocycles. The van der Waals surface area contributed by atoms with E-state index in [4.69, 9.17) is 9.47 Å². The molecule has 0 aliphatic carbocycles. The molecule has 2 rings (SSSR count). The quantitative estimate of drug-likeness (QED) is 0.520. The van der Waals surface area contributed by atoms with Crippen LogP contribution in [0.5, 0.6) is 17.2 Å². The zero-order valence-electron chi connectivity index (χ0n) is 15.0. The Bertz CT molecular complexity index is 739. The molecule has 0 N–H and O–H groups in total. The van der Waals surface area contributed by atoms with Crippen LogP contribution in [0.15, 0.2) is 53.6 Å². The molecule has 140 valence electrons. The maximum Gasteiger partial charge on any atom is 0.416 e. The largest absolute Gasteiger partial charge is 0.485 e. The third kappa shape index (κ3) is 5.68. The van der Waals surface area contributed by atoms with Gasteiger partial charge in [0.1, 0.15) is 23.4 Å². The lowest BCUT2D eigenvalue weighted by Gasteiger charge is -2.16. The number of hydrazone groups is 1. The highest BCUT2D eigenvalue weighted by atomic mass is 19.4. The van der Waals surface area contributed by atoms with Crippen molar-refractivity contribution in [2.24, 2.45) is 5.10 Å². The van der Waals surface area contributed by atoms with Crippen LogP contribution in [-0.4, -0.2) is 30.9 Å². The van der Waals surface area contributed by atoms with Gasteiger partial charge in [-0.25, -0.2) is 0 Å². The van der Waals surface area contributed by atoms with E-state index in [0.29, 0.717) is 17.2 Å². The maximum atomic E-state index is 12.6. The third-order valence-corrected chi connectivity index (χ3v) is 3.50. The van der Waals surface area contributed by atoms with Crippen molar-refractivity contribution in [3.05, 3.63) is 54.1 Å². The minimum atomic E-state index is -4.36. The molecule has 0 aliphatic heterocycles. The van der Waals surface area contributed by atoms with E-state index in [1.165, 1.54) is 12.1 Å². The smallest absolute Gasteiger partial charge is 0.416 e. The fourth-order valence-corrected chi connectivity index (χ4v) is 2.12. The summed E-state index contributed by atoms with van der Waals surface area (Å²) in [6, 6.07) is 11.4. The Morgan fingerprint density at radius 2 is 1.38 bits per heavy atom. The number of hydrogen-bond donors (Lipinski definition) is 0. The first-order valence-corrected chi connectivity index (χ1v) is 7.99. The summed E-state index contributed by atoms with van der Waals surface area (Å²) < 4.78 is 49.0. The molecule has 0 fully saturated rings. The molecule has 0 bridgehead atoms. The lowest BCUT2D eigenvalue weighted by molar-refractivity contribution is -0.137. The number of hydrogen-bond acceptors (Lipinski definition) is 4. The first-order valence-electron chi connectivity index (χ1n) is 7.99. The highest BCUT2D eigenvalue weighted by molar-refractivity contribution is 5.86. The molecule has 0 spiro atoms.